The van der Waals surface area contributed by atoms with Gasteiger partial charge in [-0.05, 0) is 36.4 Å². The Hall–Kier alpha value is -2.04. The van der Waals surface area contributed by atoms with Crippen molar-refractivity contribution in [3.63, 3.8) is 0 Å². The first-order valence-corrected chi connectivity index (χ1v) is 6.77. The number of amides is 1. The molecule has 0 atom stereocenters. The van der Waals surface area contributed by atoms with Gasteiger partial charge in [0.1, 0.15) is 5.75 Å². The Morgan fingerprint density at radius 1 is 1.14 bits per heavy atom. The molecule has 21 heavy (non-hydrogen) atoms. The van der Waals surface area contributed by atoms with Crippen molar-refractivity contribution < 1.29 is 14.3 Å². The van der Waals surface area contributed by atoms with Crippen LogP contribution in [0.15, 0.2) is 42.5 Å². The van der Waals surface area contributed by atoms with Crippen LogP contribution in [0.4, 0.5) is 5.69 Å². The lowest BCUT2D eigenvalue weighted by molar-refractivity contribution is -0.118. The van der Waals surface area contributed by atoms with Gasteiger partial charge in [0.15, 0.2) is 12.9 Å². The minimum Gasteiger partial charge on any atom is -0.483 e. The molecule has 0 aliphatic carbocycles. The molecule has 1 N–H and O–H groups in total. The predicted octanol–water partition coefficient (Wildman–Crippen LogP) is 3.82. The van der Waals surface area contributed by atoms with Gasteiger partial charge in [-0.3, -0.25) is 9.59 Å². The fraction of sp³-hybridized carbons (Fsp3) is 0.0667. The molecule has 0 saturated carbocycles. The van der Waals surface area contributed by atoms with Crippen LogP contribution < -0.4 is 10.1 Å². The van der Waals surface area contributed by atoms with Gasteiger partial charge < -0.3 is 10.1 Å². The highest BCUT2D eigenvalue weighted by Gasteiger charge is 2.09. The number of halogens is 2. The maximum Gasteiger partial charge on any atom is 0.262 e. The van der Waals surface area contributed by atoms with E-state index in [1.807, 2.05) is 0 Å². The first-order valence-electron chi connectivity index (χ1n) is 6.02. The van der Waals surface area contributed by atoms with Crippen LogP contribution in [0.1, 0.15) is 10.4 Å². The van der Waals surface area contributed by atoms with Gasteiger partial charge in [-0.1, -0.05) is 29.3 Å². The lowest BCUT2D eigenvalue weighted by Crippen LogP contribution is -2.20. The smallest absolute Gasteiger partial charge is 0.262 e. The van der Waals surface area contributed by atoms with Gasteiger partial charge in [0.2, 0.25) is 0 Å². The van der Waals surface area contributed by atoms with Crippen molar-refractivity contribution in [2.75, 3.05) is 11.9 Å². The molecule has 0 radical (unpaired) electrons. The predicted molar refractivity (Wildman–Crippen MR) is 82.4 cm³/mol. The Balaban J connectivity index is 1.97. The molecule has 0 heterocycles. The second-order valence-electron chi connectivity index (χ2n) is 4.11. The maximum absolute atomic E-state index is 11.8. The quantitative estimate of drug-likeness (QED) is 0.851. The highest BCUT2D eigenvalue weighted by atomic mass is 35.5. The number of anilines is 1. The Morgan fingerprint density at radius 3 is 2.52 bits per heavy atom. The molecule has 0 spiro atoms. The van der Waals surface area contributed by atoms with Crippen LogP contribution >= 0.6 is 23.2 Å². The number of ether oxygens (including phenoxy) is 1. The molecule has 108 valence electrons. The van der Waals surface area contributed by atoms with Gasteiger partial charge in [-0.2, -0.15) is 0 Å². The van der Waals surface area contributed by atoms with Crippen LogP contribution in [-0.2, 0) is 4.79 Å². The molecule has 1 amide bonds. The number of hydrogen-bond acceptors (Lipinski definition) is 3. The number of rotatable bonds is 5. The lowest BCUT2D eigenvalue weighted by atomic mass is 10.2. The minimum atomic E-state index is -0.353. The highest BCUT2D eigenvalue weighted by Crippen LogP contribution is 2.24. The van der Waals surface area contributed by atoms with Crippen molar-refractivity contribution in [3.8, 4) is 5.75 Å². The third kappa shape index (κ3) is 4.21. The van der Waals surface area contributed by atoms with Crippen molar-refractivity contribution in [2.45, 2.75) is 0 Å². The number of carbonyl (C=O) groups is 2. The summed E-state index contributed by atoms with van der Waals surface area (Å²) in [4.78, 5) is 22.7. The third-order valence-electron chi connectivity index (χ3n) is 2.62. The molecule has 2 rings (SSSR count). The average molecular weight is 324 g/mol. The number of nitrogens with one attached hydrogen (secondary N) is 1. The van der Waals surface area contributed by atoms with Crippen LogP contribution in [-0.4, -0.2) is 18.8 Å². The Kier molecular flexibility index (Phi) is 5.20. The molecule has 0 aliphatic heterocycles. The van der Waals surface area contributed by atoms with Crippen LogP contribution in [0.2, 0.25) is 10.0 Å². The summed E-state index contributed by atoms with van der Waals surface area (Å²) >= 11 is 11.6. The largest absolute Gasteiger partial charge is 0.483 e. The molecule has 4 nitrogen and oxygen atoms in total. The molecular weight excluding hydrogens is 313 g/mol. The second kappa shape index (κ2) is 7.11. The van der Waals surface area contributed by atoms with Crippen LogP contribution in [0, 0.1) is 0 Å². The van der Waals surface area contributed by atoms with E-state index in [4.69, 9.17) is 27.9 Å². The van der Waals surface area contributed by atoms with E-state index in [-0.39, 0.29) is 28.8 Å². The van der Waals surface area contributed by atoms with E-state index in [1.165, 1.54) is 0 Å². The Labute approximate surface area is 131 Å². The first kappa shape index (κ1) is 15.4. The summed E-state index contributed by atoms with van der Waals surface area (Å²) in [7, 11) is 0. The summed E-state index contributed by atoms with van der Waals surface area (Å²) in [5, 5.41) is 3.51. The first-order chi connectivity index (χ1) is 10.1. The number of benzene rings is 2. The van der Waals surface area contributed by atoms with Crippen molar-refractivity contribution >= 4 is 41.1 Å². The molecule has 6 heteroatoms. The standard InChI is InChI=1S/C15H11Cl2NO3/c16-10-4-6-11(7-5-10)18-15(20)9-21-14-3-1-2-13(17)12(14)8-19/h1-8H,9H2,(H,18,20). The molecule has 0 unspecified atom stereocenters. The maximum atomic E-state index is 11.8. The Bertz CT molecular complexity index is 656. The van der Waals surface area contributed by atoms with Crippen molar-refractivity contribution in [1.82, 2.24) is 0 Å². The van der Waals surface area contributed by atoms with Gasteiger partial charge in [0, 0.05) is 10.7 Å². The van der Waals surface area contributed by atoms with Gasteiger partial charge in [-0.15, -0.1) is 0 Å². The van der Waals surface area contributed by atoms with Crippen molar-refractivity contribution in [1.29, 1.82) is 0 Å². The van der Waals surface area contributed by atoms with Crippen LogP contribution in [0.3, 0.4) is 0 Å². The van der Waals surface area contributed by atoms with E-state index >= 15 is 0 Å². The van der Waals surface area contributed by atoms with Gasteiger partial charge >= 0.3 is 0 Å². The zero-order chi connectivity index (χ0) is 15.2. The molecule has 2 aromatic rings. The normalized spacial score (nSPS) is 10.0. The SMILES string of the molecule is O=Cc1c(Cl)cccc1OCC(=O)Nc1ccc(Cl)cc1. The summed E-state index contributed by atoms with van der Waals surface area (Å²) in [5.41, 5.74) is 0.827. The van der Waals surface area contributed by atoms with Crippen LogP contribution in [0.5, 0.6) is 5.75 Å². The van der Waals surface area contributed by atoms with Crippen molar-refractivity contribution in [3.05, 3.63) is 58.1 Å². The fourth-order valence-electron chi connectivity index (χ4n) is 1.63. The number of carbonyl (C=O) groups excluding carboxylic acids is 2. The van der Waals surface area contributed by atoms with E-state index in [1.54, 1.807) is 42.5 Å². The van der Waals surface area contributed by atoms with E-state index < -0.39 is 0 Å². The van der Waals surface area contributed by atoms with Gasteiger partial charge in [0.05, 0.1) is 10.6 Å². The van der Waals surface area contributed by atoms with Crippen LogP contribution in [0.25, 0.3) is 0 Å². The summed E-state index contributed by atoms with van der Waals surface area (Å²) in [5.74, 6) is -0.0853. The monoisotopic (exact) mass is 323 g/mol. The zero-order valence-corrected chi connectivity index (χ0v) is 12.3. The number of hydrogen-bond donors (Lipinski definition) is 1. The summed E-state index contributed by atoms with van der Waals surface area (Å²) in [6.07, 6.45) is 0.592. The molecule has 2 aromatic carbocycles. The average Bonchev–Trinajstić information content (AvgIpc) is 2.47. The lowest BCUT2D eigenvalue weighted by Gasteiger charge is -2.09. The van der Waals surface area contributed by atoms with Gasteiger partial charge in [0.25, 0.3) is 5.91 Å². The van der Waals surface area contributed by atoms with E-state index in [0.717, 1.165) is 0 Å². The van der Waals surface area contributed by atoms with E-state index in [0.29, 0.717) is 17.0 Å². The topological polar surface area (TPSA) is 55.4 Å². The third-order valence-corrected chi connectivity index (χ3v) is 3.20. The highest BCUT2D eigenvalue weighted by molar-refractivity contribution is 6.33. The molecule has 0 saturated heterocycles. The van der Waals surface area contributed by atoms with E-state index in [2.05, 4.69) is 5.32 Å². The molecule has 0 aliphatic rings. The van der Waals surface area contributed by atoms with Gasteiger partial charge in [-0.25, -0.2) is 0 Å². The Morgan fingerprint density at radius 2 is 1.86 bits per heavy atom. The molecule has 0 bridgehead atoms. The van der Waals surface area contributed by atoms with Crippen molar-refractivity contribution in [2.24, 2.45) is 0 Å². The molecule has 0 aromatic heterocycles. The fourth-order valence-corrected chi connectivity index (χ4v) is 1.97. The molecule has 0 fully saturated rings. The molecular formula is C15H11Cl2NO3. The summed E-state index contributed by atoms with van der Waals surface area (Å²) < 4.78 is 5.31. The number of aldehydes is 1. The zero-order valence-electron chi connectivity index (χ0n) is 10.8. The minimum absolute atomic E-state index is 0.221. The summed E-state index contributed by atoms with van der Waals surface area (Å²) in [6.45, 7) is -0.232. The van der Waals surface area contributed by atoms with E-state index in [9.17, 15) is 9.59 Å². The summed E-state index contributed by atoms with van der Waals surface area (Å²) in [6, 6.07) is 11.5. The second-order valence-corrected chi connectivity index (χ2v) is 4.96.